The van der Waals surface area contributed by atoms with Crippen LogP contribution in [0.15, 0.2) is 23.1 Å². The quantitative estimate of drug-likeness (QED) is 0.515. The number of carbonyl (C=O) groups excluding carboxylic acids is 1. The summed E-state index contributed by atoms with van der Waals surface area (Å²) in [6.07, 6.45) is -1.28. The van der Waals surface area contributed by atoms with Gasteiger partial charge in [0.15, 0.2) is 0 Å². The van der Waals surface area contributed by atoms with Gasteiger partial charge in [0.25, 0.3) is 0 Å². The molecular weight excluding hydrogens is 507 g/mol. The average molecular weight is 540 g/mol. The number of amides is 1. The maximum absolute atomic E-state index is 13.6. The van der Waals surface area contributed by atoms with E-state index in [1.54, 1.807) is 12.1 Å². The second-order valence-corrected chi connectivity index (χ2v) is 10.1. The summed E-state index contributed by atoms with van der Waals surface area (Å²) < 4.78 is 71.0. The minimum atomic E-state index is -5.08. The summed E-state index contributed by atoms with van der Waals surface area (Å²) in [5, 5.41) is 10.3. The van der Waals surface area contributed by atoms with Gasteiger partial charge >= 0.3 is 12.1 Å². The van der Waals surface area contributed by atoms with Gasteiger partial charge in [-0.25, -0.2) is 13.2 Å². The van der Waals surface area contributed by atoms with Crippen molar-refractivity contribution in [1.29, 1.82) is 0 Å². The van der Waals surface area contributed by atoms with Crippen molar-refractivity contribution in [2.75, 3.05) is 46.9 Å². The first-order chi connectivity index (χ1) is 16.9. The van der Waals surface area contributed by atoms with Gasteiger partial charge in [-0.05, 0) is 25.0 Å². The molecule has 2 N–H and O–H groups in total. The Hall–Kier alpha value is -2.58. The number of benzene rings is 1. The number of rotatable bonds is 8. The number of hydrogen-bond donors (Lipinski definition) is 2. The van der Waals surface area contributed by atoms with E-state index in [1.165, 1.54) is 24.6 Å². The molecule has 1 saturated heterocycles. The highest BCUT2D eigenvalue weighted by molar-refractivity contribution is 7.89. The second-order valence-electron chi connectivity index (χ2n) is 8.25. The molecule has 204 valence electrons. The molecule has 10 nitrogen and oxygen atoms in total. The van der Waals surface area contributed by atoms with Crippen molar-refractivity contribution in [2.24, 2.45) is 0 Å². The summed E-state index contributed by atoms with van der Waals surface area (Å²) in [4.78, 5) is 23.4. The first-order valence-corrected chi connectivity index (χ1v) is 12.9. The summed E-state index contributed by atoms with van der Waals surface area (Å²) in [5.41, 5.74) is 0. The zero-order chi connectivity index (χ0) is 26.9. The third kappa shape index (κ3) is 7.96. The first-order valence-electron chi connectivity index (χ1n) is 11.4. The molecule has 1 saturated carbocycles. The number of ether oxygens (including phenoxy) is 2. The standard InChI is InChI=1S/C20H31N3O5S.C2HF3O2/c1-27-17-7-8-18(28-2)19(15-17)29(25,26)23(16-5-3-4-6-16)12-9-20(24)22-13-10-21-11-14-22;3-2(4,5)1(6)7/h7-8,15-16,21H,3-6,9-14H2,1-2H3;(H,6,7). The van der Waals surface area contributed by atoms with Crippen LogP contribution in [0.2, 0.25) is 0 Å². The number of sulfonamides is 1. The van der Waals surface area contributed by atoms with Gasteiger partial charge in [-0.15, -0.1) is 0 Å². The maximum atomic E-state index is 13.6. The number of hydrogen-bond acceptors (Lipinski definition) is 7. The fourth-order valence-electron chi connectivity index (χ4n) is 4.08. The van der Waals surface area contributed by atoms with Crippen molar-refractivity contribution >= 4 is 21.9 Å². The van der Waals surface area contributed by atoms with Crippen molar-refractivity contribution in [3.8, 4) is 11.5 Å². The Morgan fingerprint density at radius 1 is 1.14 bits per heavy atom. The largest absolute Gasteiger partial charge is 0.497 e. The van der Waals surface area contributed by atoms with Gasteiger partial charge < -0.3 is 24.8 Å². The van der Waals surface area contributed by atoms with Crippen molar-refractivity contribution in [1.82, 2.24) is 14.5 Å². The number of piperazine rings is 1. The number of aliphatic carboxylic acids is 1. The van der Waals surface area contributed by atoms with Crippen LogP contribution >= 0.6 is 0 Å². The fourth-order valence-corrected chi connectivity index (χ4v) is 5.94. The van der Waals surface area contributed by atoms with E-state index in [2.05, 4.69) is 5.32 Å². The topological polar surface area (TPSA) is 125 Å². The number of carboxylic acids is 1. The maximum Gasteiger partial charge on any atom is 0.490 e. The Morgan fingerprint density at radius 3 is 2.22 bits per heavy atom. The molecule has 0 atom stereocenters. The molecule has 0 bridgehead atoms. The van der Waals surface area contributed by atoms with Gasteiger partial charge in [-0.2, -0.15) is 17.5 Å². The van der Waals surface area contributed by atoms with Crippen molar-refractivity contribution < 1.29 is 45.8 Å². The van der Waals surface area contributed by atoms with Crippen LogP contribution in [0, 0.1) is 0 Å². The number of nitrogens with zero attached hydrogens (tertiary/aromatic N) is 2. The highest BCUT2D eigenvalue weighted by Gasteiger charge is 2.38. The molecule has 1 heterocycles. The van der Waals surface area contributed by atoms with Crippen LogP contribution in [-0.2, 0) is 19.6 Å². The first kappa shape index (κ1) is 29.6. The van der Waals surface area contributed by atoms with E-state index in [0.29, 0.717) is 18.8 Å². The Kier molecular flexibility index (Phi) is 10.8. The van der Waals surface area contributed by atoms with Crippen molar-refractivity contribution in [3.63, 3.8) is 0 Å². The molecule has 3 rings (SSSR count). The minimum absolute atomic E-state index is 0.00213. The van der Waals surface area contributed by atoms with Gasteiger partial charge in [0.2, 0.25) is 15.9 Å². The normalized spacial score (nSPS) is 16.9. The van der Waals surface area contributed by atoms with E-state index in [4.69, 9.17) is 19.4 Å². The van der Waals surface area contributed by atoms with Crippen LogP contribution in [0.5, 0.6) is 11.5 Å². The molecular formula is C22H32F3N3O7S. The van der Waals surface area contributed by atoms with Crippen LogP contribution < -0.4 is 14.8 Å². The molecule has 2 fully saturated rings. The van der Waals surface area contributed by atoms with Crippen molar-refractivity contribution in [2.45, 2.75) is 49.2 Å². The zero-order valence-corrected chi connectivity index (χ0v) is 21.0. The predicted molar refractivity (Wildman–Crippen MR) is 123 cm³/mol. The fraction of sp³-hybridized carbons (Fsp3) is 0.636. The molecule has 36 heavy (non-hydrogen) atoms. The van der Waals surface area contributed by atoms with E-state index in [9.17, 15) is 26.4 Å². The molecule has 2 aliphatic rings. The van der Waals surface area contributed by atoms with Crippen LogP contribution in [0.25, 0.3) is 0 Å². The van der Waals surface area contributed by atoms with Crippen LogP contribution in [0.4, 0.5) is 13.2 Å². The Bertz CT molecular complexity index is 993. The number of nitrogens with one attached hydrogen (secondary N) is 1. The van der Waals surface area contributed by atoms with Gasteiger partial charge in [0.1, 0.15) is 16.4 Å². The molecule has 1 amide bonds. The van der Waals surface area contributed by atoms with Gasteiger partial charge in [0, 0.05) is 51.3 Å². The lowest BCUT2D eigenvalue weighted by Crippen LogP contribution is -2.48. The number of halogens is 3. The summed E-state index contributed by atoms with van der Waals surface area (Å²) in [5.74, 6) is -2.02. The van der Waals surface area contributed by atoms with Crippen LogP contribution in [0.3, 0.4) is 0 Å². The average Bonchev–Trinajstić information content (AvgIpc) is 3.38. The van der Waals surface area contributed by atoms with E-state index in [-0.39, 0.29) is 35.6 Å². The molecule has 14 heteroatoms. The predicted octanol–water partition coefficient (Wildman–Crippen LogP) is 2.09. The molecule has 0 spiro atoms. The molecule has 1 aliphatic heterocycles. The highest BCUT2D eigenvalue weighted by Crippen LogP contribution is 2.34. The summed E-state index contributed by atoms with van der Waals surface area (Å²) in [6.45, 7) is 3.06. The third-order valence-corrected chi connectivity index (χ3v) is 7.92. The molecule has 1 aromatic rings. The Balaban J connectivity index is 0.000000572. The summed E-state index contributed by atoms with van der Waals surface area (Å²) in [7, 11) is -0.889. The van der Waals surface area contributed by atoms with Gasteiger partial charge in [-0.1, -0.05) is 12.8 Å². The molecule has 0 radical (unpaired) electrons. The van der Waals surface area contributed by atoms with Crippen molar-refractivity contribution in [3.05, 3.63) is 18.2 Å². The van der Waals surface area contributed by atoms with E-state index in [1.807, 2.05) is 4.90 Å². The monoisotopic (exact) mass is 539 g/mol. The Morgan fingerprint density at radius 2 is 1.72 bits per heavy atom. The minimum Gasteiger partial charge on any atom is -0.497 e. The summed E-state index contributed by atoms with van der Waals surface area (Å²) >= 11 is 0. The number of alkyl halides is 3. The lowest BCUT2D eigenvalue weighted by atomic mass is 10.2. The lowest BCUT2D eigenvalue weighted by molar-refractivity contribution is -0.192. The van der Waals surface area contributed by atoms with Gasteiger partial charge in [0.05, 0.1) is 14.2 Å². The Labute approximate surface area is 208 Å². The van der Waals surface area contributed by atoms with Crippen LogP contribution in [0.1, 0.15) is 32.1 Å². The zero-order valence-electron chi connectivity index (χ0n) is 20.2. The SMILES string of the molecule is COc1ccc(OC)c(S(=O)(=O)N(CCC(=O)N2CCNCC2)C2CCCC2)c1.O=C(O)C(F)(F)F. The third-order valence-electron chi connectivity index (χ3n) is 5.95. The van der Waals surface area contributed by atoms with E-state index >= 15 is 0 Å². The highest BCUT2D eigenvalue weighted by atomic mass is 32.2. The van der Waals surface area contributed by atoms with Gasteiger partial charge in [-0.3, -0.25) is 4.79 Å². The molecule has 0 unspecified atom stereocenters. The lowest BCUT2D eigenvalue weighted by Gasteiger charge is -2.31. The van der Waals surface area contributed by atoms with E-state index in [0.717, 1.165) is 38.8 Å². The molecule has 0 aromatic heterocycles. The van der Waals surface area contributed by atoms with E-state index < -0.39 is 22.2 Å². The second kappa shape index (κ2) is 13.1. The molecule has 1 aliphatic carbocycles. The summed E-state index contributed by atoms with van der Waals surface area (Å²) in [6, 6.07) is 4.68. The molecule has 1 aromatic carbocycles. The number of carbonyl (C=O) groups is 2. The van der Waals surface area contributed by atoms with Crippen LogP contribution in [-0.4, -0.2) is 93.8 Å². The number of carboxylic acid groups (broad SMARTS) is 1. The smallest absolute Gasteiger partial charge is 0.490 e. The number of methoxy groups -OCH3 is 2.